The first-order chi connectivity index (χ1) is 15.5. The summed E-state index contributed by atoms with van der Waals surface area (Å²) in [5.74, 6) is -0.955. The van der Waals surface area contributed by atoms with Gasteiger partial charge in [-0.1, -0.05) is 25.0 Å². The maximum Gasteiger partial charge on any atom is 0.253 e. The largest absolute Gasteiger partial charge is 0.366 e. The molecule has 0 N–H and O–H groups in total. The van der Waals surface area contributed by atoms with Crippen LogP contribution in [0.2, 0.25) is 0 Å². The predicted molar refractivity (Wildman–Crippen MR) is 119 cm³/mol. The monoisotopic (exact) mass is 435 g/mol. The maximum atomic E-state index is 14.0. The zero-order chi connectivity index (χ0) is 22.2. The molecule has 2 aliphatic heterocycles. The molecule has 0 bridgehead atoms. The average molecular weight is 435 g/mol. The van der Waals surface area contributed by atoms with Crippen molar-refractivity contribution in [1.29, 1.82) is 0 Å². The highest BCUT2D eigenvalue weighted by Gasteiger charge is 2.48. The number of rotatable bonds is 3. The van der Waals surface area contributed by atoms with Crippen molar-refractivity contribution in [1.82, 2.24) is 4.90 Å². The molecule has 3 aliphatic rings. The molecule has 3 amide bonds. The summed E-state index contributed by atoms with van der Waals surface area (Å²) >= 11 is 0. The number of carbonyl (C=O) groups excluding carboxylic acids is 3. The highest BCUT2D eigenvalue weighted by Crippen LogP contribution is 2.40. The summed E-state index contributed by atoms with van der Waals surface area (Å²) in [6, 6.07) is 13.4. The molecule has 32 heavy (non-hydrogen) atoms. The molecule has 5 rings (SSSR count). The molecule has 0 radical (unpaired) electrons. The van der Waals surface area contributed by atoms with Crippen LogP contribution in [0.5, 0.6) is 0 Å². The van der Waals surface area contributed by atoms with Crippen molar-refractivity contribution in [3.05, 3.63) is 59.9 Å². The summed E-state index contributed by atoms with van der Waals surface area (Å²) in [7, 11) is 0. The number of nitrogens with zero attached hydrogens (tertiary/aromatic N) is 3. The van der Waals surface area contributed by atoms with Crippen molar-refractivity contribution in [3.63, 3.8) is 0 Å². The second-order valence-corrected chi connectivity index (χ2v) is 8.79. The number of halogens is 1. The van der Waals surface area contributed by atoms with E-state index in [1.165, 1.54) is 11.0 Å². The molecule has 0 spiro atoms. The second kappa shape index (κ2) is 8.37. The van der Waals surface area contributed by atoms with E-state index < -0.39 is 0 Å². The average Bonchev–Trinajstić information content (AvgIpc) is 3.09. The minimum atomic E-state index is -0.256. The van der Waals surface area contributed by atoms with Crippen LogP contribution in [0.15, 0.2) is 48.5 Å². The Hall–Kier alpha value is -3.22. The van der Waals surface area contributed by atoms with E-state index in [2.05, 4.69) is 0 Å². The molecule has 1 saturated carbocycles. The van der Waals surface area contributed by atoms with Gasteiger partial charge in [0.05, 0.1) is 23.2 Å². The molecule has 2 unspecified atom stereocenters. The van der Waals surface area contributed by atoms with Crippen molar-refractivity contribution in [2.75, 3.05) is 36.0 Å². The molecular weight excluding hydrogens is 409 g/mol. The third-order valence-corrected chi connectivity index (χ3v) is 6.97. The normalized spacial score (nSPS) is 23.5. The Morgan fingerprint density at radius 3 is 2.00 bits per heavy atom. The molecule has 2 saturated heterocycles. The number of hydrogen-bond donors (Lipinski definition) is 0. The van der Waals surface area contributed by atoms with Gasteiger partial charge in [-0.15, -0.1) is 0 Å². The molecule has 7 heteroatoms. The molecule has 6 nitrogen and oxygen atoms in total. The Kier molecular flexibility index (Phi) is 5.41. The Labute approximate surface area is 186 Å². The zero-order valence-electron chi connectivity index (χ0n) is 17.9. The molecule has 3 fully saturated rings. The van der Waals surface area contributed by atoms with Crippen LogP contribution in [0.1, 0.15) is 36.0 Å². The molecule has 2 aromatic rings. The SMILES string of the molecule is O=C(c1ccc(N2C(=O)C3CCCCC3C2=O)cc1)N1CCN(c2ccccc2F)CC1. The number of piperazine rings is 1. The highest BCUT2D eigenvalue weighted by atomic mass is 19.1. The molecular formula is C25H26FN3O3. The van der Waals surface area contributed by atoms with E-state index in [4.69, 9.17) is 0 Å². The van der Waals surface area contributed by atoms with Crippen molar-refractivity contribution in [2.24, 2.45) is 11.8 Å². The standard InChI is InChI=1S/C25H26FN3O3/c26-21-7-3-4-8-22(21)27-13-15-28(16-14-27)23(30)17-9-11-18(12-10-17)29-24(31)19-5-1-2-6-20(19)25(29)32/h3-4,7-12,19-20H,1-2,5-6,13-16H2. The van der Waals surface area contributed by atoms with E-state index in [0.717, 1.165) is 25.7 Å². The van der Waals surface area contributed by atoms with Gasteiger partial charge in [-0.25, -0.2) is 4.39 Å². The Morgan fingerprint density at radius 1 is 0.812 bits per heavy atom. The molecule has 0 aromatic heterocycles. The smallest absolute Gasteiger partial charge is 0.253 e. The third-order valence-electron chi connectivity index (χ3n) is 6.97. The second-order valence-electron chi connectivity index (χ2n) is 8.79. The van der Waals surface area contributed by atoms with Crippen molar-refractivity contribution >= 4 is 29.1 Å². The quantitative estimate of drug-likeness (QED) is 0.693. The van der Waals surface area contributed by atoms with E-state index in [0.29, 0.717) is 43.1 Å². The van der Waals surface area contributed by atoms with Gasteiger partial charge in [0.1, 0.15) is 5.82 Å². The summed E-state index contributed by atoms with van der Waals surface area (Å²) in [6.07, 6.45) is 3.54. The fourth-order valence-electron chi connectivity index (χ4n) is 5.21. The number of carbonyl (C=O) groups is 3. The van der Waals surface area contributed by atoms with Crippen LogP contribution in [0.3, 0.4) is 0 Å². The number of anilines is 2. The summed E-state index contributed by atoms with van der Waals surface area (Å²) in [5.41, 5.74) is 1.62. The fraction of sp³-hybridized carbons (Fsp3) is 0.400. The predicted octanol–water partition coefficient (Wildman–Crippen LogP) is 3.47. The van der Waals surface area contributed by atoms with Crippen LogP contribution < -0.4 is 9.80 Å². The van der Waals surface area contributed by atoms with Gasteiger partial charge >= 0.3 is 0 Å². The lowest BCUT2D eigenvalue weighted by Gasteiger charge is -2.36. The van der Waals surface area contributed by atoms with Crippen molar-refractivity contribution in [3.8, 4) is 0 Å². The van der Waals surface area contributed by atoms with Crippen LogP contribution in [0.4, 0.5) is 15.8 Å². The van der Waals surface area contributed by atoms with Crippen LogP contribution in [-0.2, 0) is 9.59 Å². The molecule has 166 valence electrons. The number of fused-ring (bicyclic) bond motifs is 1. The summed E-state index contributed by atoms with van der Waals surface area (Å²) in [5, 5.41) is 0. The van der Waals surface area contributed by atoms with Gasteiger partial charge in [0.2, 0.25) is 11.8 Å². The summed E-state index contributed by atoms with van der Waals surface area (Å²) < 4.78 is 14.0. The van der Waals surface area contributed by atoms with Crippen LogP contribution in [0, 0.1) is 17.7 Å². The molecule has 1 aliphatic carbocycles. The lowest BCUT2D eigenvalue weighted by atomic mass is 9.81. The minimum Gasteiger partial charge on any atom is -0.366 e. The van der Waals surface area contributed by atoms with Gasteiger partial charge in [0.25, 0.3) is 5.91 Å². The third kappa shape index (κ3) is 3.55. The van der Waals surface area contributed by atoms with Gasteiger partial charge < -0.3 is 9.80 Å². The van der Waals surface area contributed by atoms with Gasteiger partial charge in [0.15, 0.2) is 0 Å². The number of para-hydroxylation sites is 1. The summed E-state index contributed by atoms with van der Waals surface area (Å²) in [6.45, 7) is 2.12. The molecule has 2 atom stereocenters. The number of imide groups is 1. The van der Waals surface area contributed by atoms with Crippen LogP contribution in [0.25, 0.3) is 0 Å². The van der Waals surface area contributed by atoms with Gasteiger partial charge in [-0.3, -0.25) is 19.3 Å². The lowest BCUT2D eigenvalue weighted by Crippen LogP contribution is -2.49. The van der Waals surface area contributed by atoms with E-state index in [-0.39, 0.29) is 35.4 Å². The Bertz CT molecular complexity index is 1020. The number of benzene rings is 2. The topological polar surface area (TPSA) is 60.9 Å². The first-order valence-electron chi connectivity index (χ1n) is 11.3. The number of amides is 3. The van der Waals surface area contributed by atoms with E-state index >= 15 is 0 Å². The van der Waals surface area contributed by atoms with Crippen molar-refractivity contribution in [2.45, 2.75) is 25.7 Å². The first-order valence-corrected chi connectivity index (χ1v) is 11.3. The number of hydrogen-bond acceptors (Lipinski definition) is 4. The van der Waals surface area contributed by atoms with Gasteiger partial charge in [0, 0.05) is 31.7 Å². The van der Waals surface area contributed by atoms with Crippen LogP contribution in [-0.4, -0.2) is 48.8 Å². The fourth-order valence-corrected chi connectivity index (χ4v) is 5.21. The summed E-state index contributed by atoms with van der Waals surface area (Å²) in [4.78, 5) is 43.6. The zero-order valence-corrected chi connectivity index (χ0v) is 17.9. The molecule has 2 aromatic carbocycles. The maximum absolute atomic E-state index is 14.0. The lowest BCUT2D eigenvalue weighted by molar-refractivity contribution is -0.122. The van der Waals surface area contributed by atoms with Gasteiger partial charge in [-0.2, -0.15) is 0 Å². The van der Waals surface area contributed by atoms with Crippen molar-refractivity contribution < 1.29 is 18.8 Å². The van der Waals surface area contributed by atoms with E-state index in [9.17, 15) is 18.8 Å². The van der Waals surface area contributed by atoms with Gasteiger partial charge in [-0.05, 0) is 49.2 Å². The highest BCUT2D eigenvalue weighted by molar-refractivity contribution is 6.22. The van der Waals surface area contributed by atoms with E-state index in [1.54, 1.807) is 41.3 Å². The van der Waals surface area contributed by atoms with Crippen LogP contribution >= 0.6 is 0 Å². The Balaban J connectivity index is 1.25. The first kappa shape index (κ1) is 20.7. The molecule has 2 heterocycles. The minimum absolute atomic E-state index is 0.0996. The Morgan fingerprint density at radius 2 is 1.41 bits per heavy atom. The van der Waals surface area contributed by atoms with E-state index in [1.807, 2.05) is 11.0 Å².